The average Bonchev–Trinajstić information content (AvgIpc) is 3.25. The van der Waals surface area contributed by atoms with E-state index in [-0.39, 0.29) is 12.3 Å². The number of hydrogen-bond donors (Lipinski definition) is 1. The van der Waals surface area contributed by atoms with E-state index in [0.717, 1.165) is 33.9 Å². The summed E-state index contributed by atoms with van der Waals surface area (Å²) in [5, 5.41) is 2.19. The molecule has 3 aromatic rings. The Labute approximate surface area is 177 Å². The summed E-state index contributed by atoms with van der Waals surface area (Å²) >= 11 is 0. The van der Waals surface area contributed by atoms with Gasteiger partial charge in [0.25, 0.3) is 0 Å². The molecular weight excluding hydrogens is 372 g/mol. The Kier molecular flexibility index (Phi) is 4.72. The number of rotatable bonds is 4. The molecule has 3 aromatic carbocycles. The van der Waals surface area contributed by atoms with Crippen LogP contribution in [0.15, 0.2) is 78.9 Å². The maximum Gasteiger partial charge on any atom is 0.195 e. The Morgan fingerprint density at radius 2 is 1.73 bits per heavy atom. The molecule has 0 aliphatic carbocycles. The zero-order valence-corrected chi connectivity index (χ0v) is 17.5. The van der Waals surface area contributed by atoms with Crippen molar-refractivity contribution in [3.63, 3.8) is 0 Å². The smallest absolute Gasteiger partial charge is 0.195 e. The standard InChI is InChI=1S/C26H26N2O2/c1-17(2)18-9-11-20(12-10-18)26-28-24(16-23(27-28)19-7-5-4-6-8-19)22-15-21(29-3)13-14-25(22)30-26/h4-17,24,26-27H,1-3H3/t24-,26+/m1/s1. The van der Waals surface area contributed by atoms with Crippen molar-refractivity contribution in [2.75, 3.05) is 7.11 Å². The molecule has 0 saturated heterocycles. The van der Waals surface area contributed by atoms with Crippen molar-refractivity contribution in [3.8, 4) is 11.5 Å². The zero-order valence-electron chi connectivity index (χ0n) is 17.5. The van der Waals surface area contributed by atoms with Crippen LogP contribution in [0.3, 0.4) is 0 Å². The third kappa shape index (κ3) is 3.23. The monoisotopic (exact) mass is 398 g/mol. The van der Waals surface area contributed by atoms with E-state index in [4.69, 9.17) is 9.47 Å². The van der Waals surface area contributed by atoms with E-state index in [9.17, 15) is 0 Å². The zero-order chi connectivity index (χ0) is 20.7. The molecule has 0 spiro atoms. The molecule has 152 valence electrons. The van der Waals surface area contributed by atoms with Crippen LogP contribution in [0.4, 0.5) is 0 Å². The summed E-state index contributed by atoms with van der Waals surface area (Å²) < 4.78 is 12.0. The first kappa shape index (κ1) is 18.8. The van der Waals surface area contributed by atoms with Crippen molar-refractivity contribution in [2.24, 2.45) is 0 Å². The molecule has 4 nitrogen and oxygen atoms in total. The quantitative estimate of drug-likeness (QED) is 0.601. The largest absolute Gasteiger partial charge is 0.497 e. The molecule has 0 unspecified atom stereocenters. The lowest BCUT2D eigenvalue weighted by Crippen LogP contribution is -2.43. The van der Waals surface area contributed by atoms with Gasteiger partial charge in [0, 0.05) is 11.1 Å². The number of methoxy groups -OCH3 is 1. The fourth-order valence-corrected chi connectivity index (χ4v) is 4.15. The number of fused-ring (bicyclic) bond motifs is 3. The number of nitrogens with zero attached hydrogens (tertiary/aromatic N) is 1. The van der Waals surface area contributed by atoms with Gasteiger partial charge < -0.3 is 14.9 Å². The first-order valence-corrected chi connectivity index (χ1v) is 10.4. The van der Waals surface area contributed by atoms with E-state index in [0.29, 0.717) is 5.92 Å². The van der Waals surface area contributed by atoms with Gasteiger partial charge in [0.15, 0.2) is 6.23 Å². The Hall–Kier alpha value is -3.24. The third-order valence-electron chi connectivity index (χ3n) is 5.87. The van der Waals surface area contributed by atoms with E-state index in [1.165, 1.54) is 5.56 Å². The average molecular weight is 399 g/mol. The molecule has 1 N–H and O–H groups in total. The van der Waals surface area contributed by atoms with E-state index in [1.807, 2.05) is 18.2 Å². The van der Waals surface area contributed by atoms with Crippen LogP contribution in [-0.4, -0.2) is 12.1 Å². The summed E-state index contributed by atoms with van der Waals surface area (Å²) in [7, 11) is 1.69. The predicted octanol–water partition coefficient (Wildman–Crippen LogP) is 5.81. The highest BCUT2D eigenvalue weighted by molar-refractivity contribution is 5.67. The molecule has 0 saturated carbocycles. The Bertz CT molecular complexity index is 1070. The van der Waals surface area contributed by atoms with Crippen LogP contribution in [0, 0.1) is 0 Å². The minimum Gasteiger partial charge on any atom is -0.497 e. The van der Waals surface area contributed by atoms with Gasteiger partial charge >= 0.3 is 0 Å². The maximum atomic E-state index is 6.49. The Morgan fingerprint density at radius 3 is 2.43 bits per heavy atom. The van der Waals surface area contributed by atoms with Crippen molar-refractivity contribution < 1.29 is 9.47 Å². The minimum absolute atomic E-state index is 0.0498. The molecule has 2 aliphatic heterocycles. The van der Waals surface area contributed by atoms with E-state index < -0.39 is 0 Å². The Balaban J connectivity index is 1.56. The van der Waals surface area contributed by atoms with Gasteiger partial charge in [-0.3, -0.25) is 0 Å². The van der Waals surface area contributed by atoms with Gasteiger partial charge in [0.1, 0.15) is 11.5 Å². The van der Waals surface area contributed by atoms with Crippen molar-refractivity contribution in [3.05, 3.63) is 101 Å². The summed E-state index contributed by atoms with van der Waals surface area (Å²) in [6.07, 6.45) is 2.04. The number of ether oxygens (including phenoxy) is 2. The first-order valence-electron chi connectivity index (χ1n) is 10.4. The fraction of sp³-hybridized carbons (Fsp3) is 0.231. The molecule has 5 rings (SSSR count). The van der Waals surface area contributed by atoms with Gasteiger partial charge in [-0.1, -0.05) is 68.4 Å². The summed E-state index contributed by atoms with van der Waals surface area (Å²) in [5.74, 6) is 2.23. The van der Waals surface area contributed by atoms with Crippen molar-refractivity contribution >= 4 is 5.70 Å². The van der Waals surface area contributed by atoms with Crippen molar-refractivity contribution in [1.82, 2.24) is 10.4 Å². The molecule has 0 aromatic heterocycles. The second-order valence-corrected chi connectivity index (χ2v) is 8.11. The predicted molar refractivity (Wildman–Crippen MR) is 119 cm³/mol. The minimum atomic E-state index is -0.227. The molecule has 0 amide bonds. The summed E-state index contributed by atoms with van der Waals surface area (Å²) in [5.41, 5.74) is 9.40. The highest BCUT2D eigenvalue weighted by Crippen LogP contribution is 2.47. The van der Waals surface area contributed by atoms with Crippen LogP contribution in [0.25, 0.3) is 5.70 Å². The topological polar surface area (TPSA) is 33.7 Å². The summed E-state index contributed by atoms with van der Waals surface area (Å²) in [4.78, 5) is 0. The SMILES string of the molecule is COc1ccc2c(c1)[C@H]1C=C(c3ccccc3)NN1[C@H](c1ccc(C(C)C)cc1)O2. The molecule has 0 bridgehead atoms. The van der Waals surface area contributed by atoms with Gasteiger partial charge in [-0.2, -0.15) is 5.01 Å². The molecular formula is C26H26N2O2. The van der Waals surface area contributed by atoms with Crippen LogP contribution >= 0.6 is 0 Å². The van der Waals surface area contributed by atoms with Gasteiger partial charge in [0.05, 0.1) is 18.8 Å². The first-order chi connectivity index (χ1) is 14.6. The number of benzene rings is 3. The molecule has 2 heterocycles. The normalized spacial score (nSPS) is 20.1. The second-order valence-electron chi connectivity index (χ2n) is 8.11. The third-order valence-corrected chi connectivity index (χ3v) is 5.87. The molecule has 2 atom stereocenters. The van der Waals surface area contributed by atoms with E-state index >= 15 is 0 Å². The lowest BCUT2D eigenvalue weighted by Gasteiger charge is -2.39. The lowest BCUT2D eigenvalue weighted by atomic mass is 9.98. The molecule has 0 fully saturated rings. The number of hydrogen-bond acceptors (Lipinski definition) is 4. The molecule has 0 radical (unpaired) electrons. The van der Waals surface area contributed by atoms with Gasteiger partial charge in [-0.15, -0.1) is 0 Å². The van der Waals surface area contributed by atoms with E-state index in [2.05, 4.69) is 85.0 Å². The van der Waals surface area contributed by atoms with Crippen LogP contribution < -0.4 is 14.9 Å². The maximum absolute atomic E-state index is 6.49. The van der Waals surface area contributed by atoms with E-state index in [1.54, 1.807) is 7.11 Å². The van der Waals surface area contributed by atoms with Gasteiger partial charge in [0.2, 0.25) is 0 Å². The number of hydrazine groups is 1. The van der Waals surface area contributed by atoms with Crippen LogP contribution in [0.1, 0.15) is 54.3 Å². The molecule has 2 aliphatic rings. The van der Waals surface area contributed by atoms with Gasteiger partial charge in [-0.05, 0) is 41.3 Å². The van der Waals surface area contributed by atoms with Gasteiger partial charge in [-0.25, -0.2) is 0 Å². The lowest BCUT2D eigenvalue weighted by molar-refractivity contribution is -0.0327. The highest BCUT2D eigenvalue weighted by atomic mass is 16.5. The van der Waals surface area contributed by atoms with Crippen LogP contribution in [0.5, 0.6) is 11.5 Å². The van der Waals surface area contributed by atoms with Crippen LogP contribution in [0.2, 0.25) is 0 Å². The highest BCUT2D eigenvalue weighted by Gasteiger charge is 2.40. The Morgan fingerprint density at radius 1 is 0.967 bits per heavy atom. The second kappa shape index (κ2) is 7.54. The summed E-state index contributed by atoms with van der Waals surface area (Å²) in [6, 6.07) is 25.2. The molecule has 30 heavy (non-hydrogen) atoms. The number of nitrogens with one attached hydrogen (secondary N) is 1. The summed E-state index contributed by atoms with van der Waals surface area (Å²) in [6.45, 7) is 4.42. The van der Waals surface area contributed by atoms with Crippen molar-refractivity contribution in [2.45, 2.75) is 32.0 Å². The van der Waals surface area contributed by atoms with Crippen LogP contribution in [-0.2, 0) is 0 Å². The fourth-order valence-electron chi connectivity index (χ4n) is 4.15. The van der Waals surface area contributed by atoms with Crippen molar-refractivity contribution in [1.29, 1.82) is 0 Å². The molecule has 4 heteroatoms.